The zero-order valence-corrected chi connectivity index (χ0v) is 13.9. The number of carbonyl (C=O) groups excluding carboxylic acids is 2. The fourth-order valence-corrected chi connectivity index (χ4v) is 2.87. The Morgan fingerprint density at radius 3 is 2.74 bits per heavy atom. The van der Waals surface area contributed by atoms with Crippen molar-refractivity contribution < 1.29 is 14.0 Å². The minimum Gasteiger partial charge on any atom is -0.343 e. The topological polar surface area (TPSA) is 52.7 Å². The van der Waals surface area contributed by atoms with Gasteiger partial charge in [0.1, 0.15) is 5.82 Å². The number of hydrogen-bond donors (Lipinski definition) is 1. The van der Waals surface area contributed by atoms with Gasteiger partial charge >= 0.3 is 6.03 Å². The number of amides is 3. The van der Waals surface area contributed by atoms with Crippen LogP contribution in [0.1, 0.15) is 25.8 Å². The van der Waals surface area contributed by atoms with Crippen LogP contribution in [0.3, 0.4) is 0 Å². The van der Waals surface area contributed by atoms with E-state index >= 15 is 0 Å². The molecule has 1 aliphatic rings. The summed E-state index contributed by atoms with van der Waals surface area (Å²) in [5.74, 6) is 0.0563. The van der Waals surface area contributed by atoms with E-state index in [1.54, 1.807) is 35.9 Å². The highest BCUT2D eigenvalue weighted by atomic mass is 19.1. The molecule has 1 heterocycles. The van der Waals surface area contributed by atoms with Gasteiger partial charge in [-0.05, 0) is 36.5 Å². The first-order valence-electron chi connectivity index (χ1n) is 7.96. The van der Waals surface area contributed by atoms with Crippen LogP contribution in [-0.4, -0.2) is 48.4 Å². The Bertz CT molecular complexity index is 591. The van der Waals surface area contributed by atoms with Crippen molar-refractivity contribution in [1.82, 2.24) is 9.80 Å². The Labute approximate surface area is 136 Å². The molecule has 0 aliphatic carbocycles. The van der Waals surface area contributed by atoms with Crippen molar-refractivity contribution in [3.8, 4) is 0 Å². The fourth-order valence-electron chi connectivity index (χ4n) is 2.87. The molecule has 0 spiro atoms. The minimum atomic E-state index is -0.305. The minimum absolute atomic E-state index is 0.0751. The molecule has 1 atom stereocenters. The summed E-state index contributed by atoms with van der Waals surface area (Å²) in [5.41, 5.74) is 1.08. The first-order chi connectivity index (χ1) is 10.9. The molecular weight excluding hydrogens is 297 g/mol. The van der Waals surface area contributed by atoms with Crippen LogP contribution in [0, 0.1) is 11.7 Å². The van der Waals surface area contributed by atoms with E-state index in [2.05, 4.69) is 5.32 Å². The molecule has 0 aromatic heterocycles. The number of nitrogens with zero attached hydrogens (tertiary/aromatic N) is 2. The summed E-state index contributed by atoms with van der Waals surface area (Å²) in [7, 11) is 1.71. The number of anilines is 1. The van der Waals surface area contributed by atoms with Gasteiger partial charge in [0.05, 0.1) is 0 Å². The van der Waals surface area contributed by atoms with Gasteiger partial charge < -0.3 is 15.1 Å². The van der Waals surface area contributed by atoms with Gasteiger partial charge in [0.15, 0.2) is 0 Å². The predicted molar refractivity (Wildman–Crippen MR) is 87.8 cm³/mol. The second-order valence-electron chi connectivity index (χ2n) is 6.09. The van der Waals surface area contributed by atoms with Crippen LogP contribution in [-0.2, 0) is 11.2 Å². The van der Waals surface area contributed by atoms with Gasteiger partial charge in [-0.1, -0.05) is 13.0 Å². The molecule has 6 heteroatoms. The molecule has 0 radical (unpaired) electrons. The van der Waals surface area contributed by atoms with E-state index in [0.29, 0.717) is 30.8 Å². The van der Waals surface area contributed by atoms with Crippen molar-refractivity contribution in [2.24, 2.45) is 5.92 Å². The number of nitrogens with one attached hydrogen (secondary N) is 1. The largest absolute Gasteiger partial charge is 0.343 e. The zero-order chi connectivity index (χ0) is 17.0. The number of rotatable bonds is 4. The second kappa shape index (κ2) is 7.44. The first kappa shape index (κ1) is 17.2. The Morgan fingerprint density at radius 2 is 2.17 bits per heavy atom. The van der Waals surface area contributed by atoms with Crippen molar-refractivity contribution in [2.75, 3.05) is 32.0 Å². The van der Waals surface area contributed by atoms with Gasteiger partial charge in [0, 0.05) is 39.3 Å². The quantitative estimate of drug-likeness (QED) is 0.927. The third-order valence-electron chi connectivity index (χ3n) is 4.30. The molecule has 1 N–H and O–H groups in total. The van der Waals surface area contributed by atoms with Gasteiger partial charge in [-0.25, -0.2) is 9.18 Å². The Balaban J connectivity index is 1.88. The third kappa shape index (κ3) is 4.43. The number of likely N-dealkylation sites (tertiary alicyclic amines) is 1. The van der Waals surface area contributed by atoms with Crippen LogP contribution in [0.15, 0.2) is 18.2 Å². The van der Waals surface area contributed by atoms with Gasteiger partial charge in [-0.15, -0.1) is 0 Å². The summed E-state index contributed by atoms with van der Waals surface area (Å²) < 4.78 is 13.7. The first-order valence-corrected chi connectivity index (χ1v) is 7.96. The summed E-state index contributed by atoms with van der Waals surface area (Å²) in [5, 5.41) is 2.71. The molecule has 1 aromatic rings. The normalized spacial score (nSPS) is 17.2. The molecule has 23 heavy (non-hydrogen) atoms. The van der Waals surface area contributed by atoms with Crippen LogP contribution < -0.4 is 5.32 Å². The van der Waals surface area contributed by atoms with E-state index in [1.807, 2.05) is 6.92 Å². The lowest BCUT2D eigenvalue weighted by Crippen LogP contribution is -2.36. The number of benzene rings is 1. The molecule has 1 aromatic carbocycles. The molecular formula is C17H24FN3O2. The number of urea groups is 1. The van der Waals surface area contributed by atoms with Crippen molar-refractivity contribution in [3.63, 3.8) is 0 Å². The number of halogens is 1. The standard InChI is InChI=1S/C17H24FN3O2/c1-4-14-5-6-15(9-16(14)18)19-17(23)20(3)10-13-7-8-21(11-13)12(2)22/h5-6,9,13H,4,7-8,10-11H2,1-3H3,(H,19,23)/t13-/m0/s1. The Kier molecular flexibility index (Phi) is 5.58. The second-order valence-corrected chi connectivity index (χ2v) is 6.09. The van der Waals surface area contributed by atoms with E-state index < -0.39 is 0 Å². The van der Waals surface area contributed by atoms with Gasteiger partial charge in [-0.2, -0.15) is 0 Å². The molecule has 1 fully saturated rings. The SMILES string of the molecule is CCc1ccc(NC(=O)N(C)C[C@@H]2CCN(C(C)=O)C2)cc1F. The smallest absolute Gasteiger partial charge is 0.321 e. The van der Waals surface area contributed by atoms with Crippen LogP contribution >= 0.6 is 0 Å². The van der Waals surface area contributed by atoms with Crippen molar-refractivity contribution in [1.29, 1.82) is 0 Å². The van der Waals surface area contributed by atoms with Crippen molar-refractivity contribution >= 4 is 17.6 Å². The molecule has 5 nitrogen and oxygen atoms in total. The molecule has 0 bridgehead atoms. The number of carbonyl (C=O) groups is 2. The average Bonchev–Trinajstić information content (AvgIpc) is 2.96. The third-order valence-corrected chi connectivity index (χ3v) is 4.30. The highest BCUT2D eigenvalue weighted by Gasteiger charge is 2.26. The van der Waals surface area contributed by atoms with Crippen molar-refractivity contribution in [3.05, 3.63) is 29.6 Å². The van der Waals surface area contributed by atoms with Crippen molar-refractivity contribution in [2.45, 2.75) is 26.7 Å². The summed E-state index contributed by atoms with van der Waals surface area (Å²) in [4.78, 5) is 26.9. The van der Waals surface area contributed by atoms with Crippen LogP contribution in [0.5, 0.6) is 0 Å². The molecule has 126 valence electrons. The maximum absolute atomic E-state index is 13.7. The van der Waals surface area contributed by atoms with Crippen LogP contribution in [0.25, 0.3) is 0 Å². The molecule has 3 amide bonds. The van der Waals surface area contributed by atoms with Crippen LogP contribution in [0.2, 0.25) is 0 Å². The lowest BCUT2D eigenvalue weighted by molar-refractivity contribution is -0.127. The maximum Gasteiger partial charge on any atom is 0.321 e. The van der Waals surface area contributed by atoms with E-state index in [4.69, 9.17) is 0 Å². The molecule has 0 saturated carbocycles. The molecule has 2 rings (SSSR count). The van der Waals surface area contributed by atoms with E-state index in [-0.39, 0.29) is 23.7 Å². The summed E-state index contributed by atoms with van der Waals surface area (Å²) in [6.45, 7) is 5.46. The average molecular weight is 321 g/mol. The predicted octanol–water partition coefficient (Wildman–Crippen LogP) is 2.72. The zero-order valence-electron chi connectivity index (χ0n) is 13.9. The van der Waals surface area contributed by atoms with Gasteiger partial charge in [-0.3, -0.25) is 4.79 Å². The lowest BCUT2D eigenvalue weighted by Gasteiger charge is -2.22. The summed E-state index contributed by atoms with van der Waals surface area (Å²) in [6, 6.07) is 4.47. The molecule has 0 unspecified atom stereocenters. The summed E-state index contributed by atoms with van der Waals surface area (Å²) in [6.07, 6.45) is 1.52. The van der Waals surface area contributed by atoms with E-state index in [9.17, 15) is 14.0 Å². The lowest BCUT2D eigenvalue weighted by atomic mass is 10.1. The number of hydrogen-bond acceptors (Lipinski definition) is 2. The highest BCUT2D eigenvalue weighted by molar-refractivity contribution is 5.89. The van der Waals surface area contributed by atoms with E-state index in [1.165, 1.54) is 6.07 Å². The maximum atomic E-state index is 13.7. The Hall–Kier alpha value is -2.11. The molecule has 1 aliphatic heterocycles. The summed E-state index contributed by atoms with van der Waals surface area (Å²) >= 11 is 0. The monoisotopic (exact) mass is 321 g/mol. The highest BCUT2D eigenvalue weighted by Crippen LogP contribution is 2.18. The van der Waals surface area contributed by atoms with E-state index in [0.717, 1.165) is 13.0 Å². The van der Waals surface area contributed by atoms with Gasteiger partial charge in [0.25, 0.3) is 0 Å². The van der Waals surface area contributed by atoms with Crippen LogP contribution in [0.4, 0.5) is 14.9 Å². The Morgan fingerprint density at radius 1 is 1.43 bits per heavy atom. The fraction of sp³-hybridized carbons (Fsp3) is 0.529. The van der Waals surface area contributed by atoms with Gasteiger partial charge in [0.2, 0.25) is 5.91 Å². The molecule has 1 saturated heterocycles. The number of aryl methyl sites for hydroxylation is 1.